The Bertz CT molecular complexity index is 622. The van der Waals surface area contributed by atoms with Crippen LogP contribution in [0.3, 0.4) is 0 Å². The Kier molecular flexibility index (Phi) is 3.99. The molecule has 2 aromatic rings. The Morgan fingerprint density at radius 1 is 1.19 bits per heavy atom. The fourth-order valence-corrected chi connectivity index (χ4v) is 3.63. The standard InChI is InChI=1S/C19H25NO/c1-14(2)15-7-5-10-19(21,11-9-15)17-12-16-6-3-4-8-18(16)20-13-17/h3-4,6,8,12-15,21H,5,7,9-11H2,1-2H3. The van der Waals surface area contributed by atoms with Crippen LogP contribution < -0.4 is 0 Å². The molecule has 2 unspecified atom stereocenters. The summed E-state index contributed by atoms with van der Waals surface area (Å²) in [5.74, 6) is 1.45. The van der Waals surface area contributed by atoms with Crippen molar-refractivity contribution in [2.24, 2.45) is 11.8 Å². The Labute approximate surface area is 127 Å². The van der Waals surface area contributed by atoms with Gasteiger partial charge in [0.1, 0.15) is 0 Å². The van der Waals surface area contributed by atoms with Crippen LogP contribution in [-0.2, 0) is 5.60 Å². The molecule has 0 aliphatic heterocycles. The highest BCUT2D eigenvalue weighted by atomic mass is 16.3. The monoisotopic (exact) mass is 283 g/mol. The summed E-state index contributed by atoms with van der Waals surface area (Å²) in [5.41, 5.74) is 1.30. The maximum atomic E-state index is 11.1. The van der Waals surface area contributed by atoms with E-state index in [0.29, 0.717) is 5.92 Å². The predicted molar refractivity (Wildman–Crippen MR) is 87.1 cm³/mol. The molecular formula is C19H25NO. The molecule has 2 nitrogen and oxygen atoms in total. The molecule has 3 rings (SSSR count). The average molecular weight is 283 g/mol. The SMILES string of the molecule is CC(C)C1CCCC(O)(c2cnc3ccccc3c2)CC1. The van der Waals surface area contributed by atoms with Crippen molar-refractivity contribution < 1.29 is 5.11 Å². The van der Waals surface area contributed by atoms with E-state index < -0.39 is 5.60 Å². The van der Waals surface area contributed by atoms with Crippen molar-refractivity contribution in [3.05, 3.63) is 42.1 Å². The molecule has 0 radical (unpaired) electrons. The molecule has 2 heteroatoms. The molecule has 1 fully saturated rings. The highest BCUT2D eigenvalue weighted by molar-refractivity contribution is 5.78. The second-order valence-corrected chi connectivity index (χ2v) is 6.88. The van der Waals surface area contributed by atoms with Gasteiger partial charge in [-0.25, -0.2) is 0 Å². The van der Waals surface area contributed by atoms with Crippen LogP contribution in [0.4, 0.5) is 0 Å². The van der Waals surface area contributed by atoms with E-state index in [1.54, 1.807) is 0 Å². The third-order valence-corrected chi connectivity index (χ3v) is 5.16. The molecule has 1 aromatic heterocycles. The molecular weight excluding hydrogens is 258 g/mol. The number of benzene rings is 1. The lowest BCUT2D eigenvalue weighted by Gasteiger charge is -2.27. The first-order chi connectivity index (χ1) is 10.1. The van der Waals surface area contributed by atoms with Crippen LogP contribution in [-0.4, -0.2) is 10.1 Å². The molecule has 1 saturated carbocycles. The Morgan fingerprint density at radius 2 is 2.00 bits per heavy atom. The predicted octanol–water partition coefficient (Wildman–Crippen LogP) is 4.66. The van der Waals surface area contributed by atoms with Crippen molar-refractivity contribution in [1.82, 2.24) is 4.98 Å². The van der Waals surface area contributed by atoms with Crippen LogP contribution >= 0.6 is 0 Å². The third kappa shape index (κ3) is 2.96. The zero-order chi connectivity index (χ0) is 14.9. The van der Waals surface area contributed by atoms with Crippen molar-refractivity contribution in [2.75, 3.05) is 0 Å². The van der Waals surface area contributed by atoms with Crippen molar-refractivity contribution >= 4 is 10.9 Å². The molecule has 0 saturated heterocycles. The lowest BCUT2D eigenvalue weighted by atomic mass is 9.85. The number of aromatic nitrogens is 1. The normalized spacial score (nSPS) is 27.0. The fraction of sp³-hybridized carbons (Fsp3) is 0.526. The van der Waals surface area contributed by atoms with Crippen molar-refractivity contribution in [3.8, 4) is 0 Å². The van der Waals surface area contributed by atoms with Gasteiger partial charge in [-0.05, 0) is 49.7 Å². The molecule has 1 aliphatic carbocycles. The van der Waals surface area contributed by atoms with Crippen molar-refractivity contribution in [3.63, 3.8) is 0 Å². The van der Waals surface area contributed by atoms with Gasteiger partial charge in [0.15, 0.2) is 0 Å². The van der Waals surface area contributed by atoms with Crippen LogP contribution in [0.5, 0.6) is 0 Å². The summed E-state index contributed by atoms with van der Waals surface area (Å²) < 4.78 is 0. The van der Waals surface area contributed by atoms with E-state index >= 15 is 0 Å². The Hall–Kier alpha value is -1.41. The van der Waals surface area contributed by atoms with Gasteiger partial charge in [-0.2, -0.15) is 0 Å². The summed E-state index contributed by atoms with van der Waals surface area (Å²) in [6.07, 6.45) is 7.04. The minimum Gasteiger partial charge on any atom is -0.385 e. The van der Waals surface area contributed by atoms with Crippen LogP contribution in [0, 0.1) is 11.8 Å². The van der Waals surface area contributed by atoms with Crippen LogP contribution in [0.2, 0.25) is 0 Å². The first kappa shape index (κ1) is 14.5. The van der Waals surface area contributed by atoms with Crippen LogP contribution in [0.25, 0.3) is 10.9 Å². The van der Waals surface area contributed by atoms with E-state index in [9.17, 15) is 5.11 Å². The summed E-state index contributed by atoms with van der Waals surface area (Å²) >= 11 is 0. The molecule has 21 heavy (non-hydrogen) atoms. The van der Waals surface area contributed by atoms with Gasteiger partial charge in [0, 0.05) is 17.1 Å². The molecule has 112 valence electrons. The highest BCUT2D eigenvalue weighted by Crippen LogP contribution is 2.40. The molecule has 1 aliphatic rings. The topological polar surface area (TPSA) is 33.1 Å². The second-order valence-electron chi connectivity index (χ2n) is 6.88. The number of nitrogens with zero attached hydrogens (tertiary/aromatic N) is 1. The van der Waals surface area contributed by atoms with E-state index in [4.69, 9.17) is 0 Å². The summed E-state index contributed by atoms with van der Waals surface area (Å²) in [6, 6.07) is 10.2. The maximum absolute atomic E-state index is 11.1. The van der Waals surface area contributed by atoms with Crippen molar-refractivity contribution in [2.45, 2.75) is 51.6 Å². The second kappa shape index (κ2) is 5.76. The van der Waals surface area contributed by atoms with Gasteiger partial charge in [0.2, 0.25) is 0 Å². The van der Waals surface area contributed by atoms with Gasteiger partial charge in [0.05, 0.1) is 11.1 Å². The highest BCUT2D eigenvalue weighted by Gasteiger charge is 2.33. The lowest BCUT2D eigenvalue weighted by molar-refractivity contribution is 0.0189. The summed E-state index contributed by atoms with van der Waals surface area (Å²) in [4.78, 5) is 4.53. The summed E-state index contributed by atoms with van der Waals surface area (Å²) in [5, 5.41) is 12.3. The molecule has 1 N–H and O–H groups in total. The first-order valence-corrected chi connectivity index (χ1v) is 8.16. The number of hydrogen-bond acceptors (Lipinski definition) is 2. The Balaban J connectivity index is 1.89. The van der Waals surface area contributed by atoms with Gasteiger partial charge in [-0.3, -0.25) is 4.98 Å². The average Bonchev–Trinajstić information content (AvgIpc) is 2.70. The van der Waals surface area contributed by atoms with Gasteiger partial charge >= 0.3 is 0 Å². The largest absolute Gasteiger partial charge is 0.385 e. The number of aliphatic hydroxyl groups is 1. The minimum atomic E-state index is -0.694. The number of para-hydroxylation sites is 1. The van der Waals surface area contributed by atoms with Gasteiger partial charge < -0.3 is 5.11 Å². The quantitative estimate of drug-likeness (QED) is 0.813. The zero-order valence-corrected chi connectivity index (χ0v) is 13.0. The van der Waals surface area contributed by atoms with E-state index in [1.165, 1.54) is 6.42 Å². The third-order valence-electron chi connectivity index (χ3n) is 5.16. The van der Waals surface area contributed by atoms with E-state index in [2.05, 4.69) is 31.0 Å². The fourth-order valence-electron chi connectivity index (χ4n) is 3.63. The smallest absolute Gasteiger partial charge is 0.0911 e. The first-order valence-electron chi connectivity index (χ1n) is 8.16. The number of rotatable bonds is 2. The molecule has 0 bridgehead atoms. The van der Waals surface area contributed by atoms with Gasteiger partial charge in [-0.15, -0.1) is 0 Å². The number of pyridine rings is 1. The molecule has 2 atom stereocenters. The maximum Gasteiger partial charge on any atom is 0.0911 e. The molecule has 0 amide bonds. The zero-order valence-electron chi connectivity index (χ0n) is 13.0. The van der Waals surface area contributed by atoms with E-state index in [1.807, 2.05) is 24.4 Å². The van der Waals surface area contributed by atoms with E-state index in [-0.39, 0.29) is 0 Å². The number of hydrogen-bond donors (Lipinski definition) is 1. The summed E-state index contributed by atoms with van der Waals surface area (Å²) in [6.45, 7) is 4.60. The van der Waals surface area contributed by atoms with Crippen LogP contribution in [0.1, 0.15) is 51.5 Å². The number of fused-ring (bicyclic) bond motifs is 1. The molecule has 1 heterocycles. The van der Waals surface area contributed by atoms with E-state index in [0.717, 1.165) is 48.1 Å². The van der Waals surface area contributed by atoms with Crippen molar-refractivity contribution in [1.29, 1.82) is 0 Å². The Morgan fingerprint density at radius 3 is 2.81 bits per heavy atom. The minimum absolute atomic E-state index is 0.694. The van der Waals surface area contributed by atoms with Gasteiger partial charge in [-0.1, -0.05) is 38.5 Å². The lowest BCUT2D eigenvalue weighted by Crippen LogP contribution is -2.25. The summed E-state index contributed by atoms with van der Waals surface area (Å²) in [7, 11) is 0. The molecule has 0 spiro atoms. The van der Waals surface area contributed by atoms with Gasteiger partial charge in [0.25, 0.3) is 0 Å². The van der Waals surface area contributed by atoms with Crippen LogP contribution in [0.15, 0.2) is 36.5 Å². The molecule has 1 aromatic carbocycles.